The minimum atomic E-state index is -0.431. The van der Waals surface area contributed by atoms with Gasteiger partial charge in [0.05, 0.1) is 24.2 Å². The number of thioether (sulfide) groups is 1. The van der Waals surface area contributed by atoms with E-state index in [1.54, 1.807) is 25.3 Å². The zero-order valence-electron chi connectivity index (χ0n) is 15.0. The molecular formula is C17H18N4O4S2. The first-order valence-electron chi connectivity index (χ1n) is 8.15. The van der Waals surface area contributed by atoms with Crippen LogP contribution in [0, 0.1) is 13.8 Å². The third-order valence-electron chi connectivity index (χ3n) is 3.67. The van der Waals surface area contributed by atoms with E-state index in [0.717, 1.165) is 10.4 Å². The summed E-state index contributed by atoms with van der Waals surface area (Å²) in [4.78, 5) is 29.7. The largest absolute Gasteiger partial charge is 0.462 e. The van der Waals surface area contributed by atoms with Gasteiger partial charge >= 0.3 is 5.97 Å². The Balaban J connectivity index is 1.63. The molecule has 3 heterocycles. The molecule has 0 aliphatic carbocycles. The Morgan fingerprint density at radius 2 is 2.22 bits per heavy atom. The quantitative estimate of drug-likeness (QED) is 0.455. The van der Waals surface area contributed by atoms with Gasteiger partial charge in [-0.15, -0.1) is 16.4 Å². The normalized spacial score (nSPS) is 10.8. The summed E-state index contributed by atoms with van der Waals surface area (Å²) >= 11 is 2.54. The van der Waals surface area contributed by atoms with Gasteiger partial charge in [0.2, 0.25) is 11.1 Å². The number of nitrogens with one attached hydrogen (secondary N) is 2. The molecule has 0 spiro atoms. The minimum absolute atomic E-state index is 0.105. The summed E-state index contributed by atoms with van der Waals surface area (Å²) in [5.41, 5.74) is 1.23. The lowest BCUT2D eigenvalue weighted by atomic mass is 10.1. The van der Waals surface area contributed by atoms with E-state index in [1.807, 2.05) is 13.8 Å². The van der Waals surface area contributed by atoms with Crippen LogP contribution in [0.25, 0.3) is 11.6 Å². The molecule has 3 rings (SSSR count). The number of ether oxygens (including phenoxy) is 1. The molecule has 27 heavy (non-hydrogen) atoms. The van der Waals surface area contributed by atoms with Gasteiger partial charge in [0, 0.05) is 4.88 Å². The fraction of sp³-hybridized carbons (Fsp3) is 0.294. The molecule has 0 bridgehead atoms. The van der Waals surface area contributed by atoms with Crippen molar-refractivity contribution in [3.63, 3.8) is 0 Å². The smallest absolute Gasteiger partial charge is 0.341 e. The van der Waals surface area contributed by atoms with Gasteiger partial charge in [-0.1, -0.05) is 11.8 Å². The first-order chi connectivity index (χ1) is 13.0. The number of esters is 1. The zero-order chi connectivity index (χ0) is 19.4. The van der Waals surface area contributed by atoms with Gasteiger partial charge in [-0.25, -0.2) is 4.79 Å². The first kappa shape index (κ1) is 19.2. The summed E-state index contributed by atoms with van der Waals surface area (Å²) in [6.07, 6.45) is 1.55. The standard InChI is InChI=1S/C17H18N4O4S2/c1-4-24-16(23)13-9(2)10(3)27-15(13)18-12(22)8-26-17-19-14(20-21-17)11-6-5-7-25-11/h5-7H,4,8H2,1-3H3,(H,18,22)(H,19,20,21). The molecule has 0 radical (unpaired) electrons. The van der Waals surface area contributed by atoms with Crippen molar-refractivity contribution in [2.75, 3.05) is 17.7 Å². The van der Waals surface area contributed by atoms with E-state index in [-0.39, 0.29) is 18.3 Å². The predicted octanol–water partition coefficient (Wildman–Crippen LogP) is 3.65. The number of anilines is 1. The van der Waals surface area contributed by atoms with E-state index in [0.29, 0.717) is 27.3 Å². The number of rotatable bonds is 7. The Labute approximate surface area is 163 Å². The molecule has 142 valence electrons. The highest BCUT2D eigenvalue weighted by molar-refractivity contribution is 7.99. The molecule has 2 N–H and O–H groups in total. The predicted molar refractivity (Wildman–Crippen MR) is 103 cm³/mol. The lowest BCUT2D eigenvalue weighted by molar-refractivity contribution is -0.113. The summed E-state index contributed by atoms with van der Waals surface area (Å²) in [5.74, 6) is 0.489. The molecule has 3 aromatic rings. The zero-order valence-corrected chi connectivity index (χ0v) is 16.6. The Kier molecular flexibility index (Phi) is 5.97. The topological polar surface area (TPSA) is 110 Å². The van der Waals surface area contributed by atoms with Crippen LogP contribution in [-0.2, 0) is 9.53 Å². The lowest BCUT2D eigenvalue weighted by Crippen LogP contribution is -2.16. The number of aromatic amines is 1. The molecular weight excluding hydrogens is 388 g/mol. The number of H-pyrrole nitrogens is 1. The van der Waals surface area contributed by atoms with Gasteiger partial charge in [-0.05, 0) is 38.5 Å². The SMILES string of the molecule is CCOC(=O)c1c(NC(=O)CSc2n[nH]c(-c3ccco3)n2)sc(C)c1C. The molecule has 10 heteroatoms. The van der Waals surface area contributed by atoms with Crippen LogP contribution in [0.2, 0.25) is 0 Å². The second-order valence-corrected chi connectivity index (χ2v) is 7.66. The molecule has 0 fully saturated rings. The molecule has 0 aliphatic rings. The van der Waals surface area contributed by atoms with Crippen LogP contribution in [0.15, 0.2) is 28.0 Å². The van der Waals surface area contributed by atoms with Crippen LogP contribution in [0.4, 0.5) is 5.00 Å². The number of nitrogens with zero attached hydrogens (tertiary/aromatic N) is 2. The van der Waals surface area contributed by atoms with E-state index < -0.39 is 5.97 Å². The highest BCUT2D eigenvalue weighted by atomic mass is 32.2. The summed E-state index contributed by atoms with van der Waals surface area (Å²) in [6, 6.07) is 3.52. The number of hydrogen-bond donors (Lipinski definition) is 2. The number of amides is 1. The van der Waals surface area contributed by atoms with Crippen LogP contribution in [0.5, 0.6) is 0 Å². The van der Waals surface area contributed by atoms with Gasteiger partial charge in [0.1, 0.15) is 5.00 Å². The van der Waals surface area contributed by atoms with E-state index >= 15 is 0 Å². The molecule has 1 amide bonds. The average molecular weight is 406 g/mol. The Bertz CT molecular complexity index is 946. The average Bonchev–Trinajstić information content (AvgIpc) is 3.35. The third kappa shape index (κ3) is 4.40. The number of thiophene rings is 1. The summed E-state index contributed by atoms with van der Waals surface area (Å²) in [7, 11) is 0. The van der Waals surface area contributed by atoms with Gasteiger partial charge in [-0.2, -0.15) is 4.98 Å². The first-order valence-corrected chi connectivity index (χ1v) is 9.95. The second-order valence-electron chi connectivity index (χ2n) is 5.49. The summed E-state index contributed by atoms with van der Waals surface area (Å²) < 4.78 is 10.3. The van der Waals surface area contributed by atoms with Gasteiger partial charge in [-0.3, -0.25) is 9.89 Å². The van der Waals surface area contributed by atoms with Crippen molar-refractivity contribution in [1.29, 1.82) is 0 Å². The molecule has 0 aliphatic heterocycles. The number of furan rings is 1. The van der Waals surface area contributed by atoms with Crippen LogP contribution < -0.4 is 5.32 Å². The maximum atomic E-state index is 12.3. The van der Waals surface area contributed by atoms with E-state index in [2.05, 4.69) is 20.5 Å². The number of aryl methyl sites for hydroxylation is 1. The van der Waals surface area contributed by atoms with Crippen LogP contribution in [0.1, 0.15) is 27.7 Å². The van der Waals surface area contributed by atoms with E-state index in [9.17, 15) is 9.59 Å². The van der Waals surface area contributed by atoms with Gasteiger partial charge in [0.25, 0.3) is 0 Å². The van der Waals surface area contributed by atoms with Crippen molar-refractivity contribution >= 4 is 40.0 Å². The number of carbonyl (C=O) groups excluding carboxylic acids is 2. The van der Waals surface area contributed by atoms with Crippen molar-refractivity contribution in [3.8, 4) is 11.6 Å². The fourth-order valence-electron chi connectivity index (χ4n) is 2.29. The second kappa shape index (κ2) is 8.40. The van der Waals surface area contributed by atoms with Crippen molar-refractivity contribution in [2.24, 2.45) is 0 Å². The third-order valence-corrected chi connectivity index (χ3v) is 5.64. The van der Waals surface area contributed by atoms with E-state index in [4.69, 9.17) is 9.15 Å². The minimum Gasteiger partial charge on any atom is -0.462 e. The molecule has 0 saturated carbocycles. The van der Waals surface area contributed by atoms with Gasteiger partial charge < -0.3 is 14.5 Å². The molecule has 0 aromatic carbocycles. The van der Waals surface area contributed by atoms with Crippen LogP contribution in [-0.4, -0.2) is 39.4 Å². The van der Waals surface area contributed by atoms with Crippen molar-refractivity contribution in [1.82, 2.24) is 15.2 Å². The monoisotopic (exact) mass is 406 g/mol. The molecule has 3 aromatic heterocycles. The maximum Gasteiger partial charge on any atom is 0.341 e. The molecule has 0 atom stereocenters. The van der Waals surface area contributed by atoms with Crippen molar-refractivity contribution < 1.29 is 18.7 Å². The highest BCUT2D eigenvalue weighted by Crippen LogP contribution is 2.33. The highest BCUT2D eigenvalue weighted by Gasteiger charge is 2.22. The fourth-order valence-corrected chi connectivity index (χ4v) is 3.95. The molecule has 0 unspecified atom stereocenters. The van der Waals surface area contributed by atoms with Gasteiger partial charge in [0.15, 0.2) is 11.6 Å². The number of carbonyl (C=O) groups is 2. The summed E-state index contributed by atoms with van der Waals surface area (Å²) in [6.45, 7) is 5.76. The Hall–Kier alpha value is -2.59. The van der Waals surface area contributed by atoms with E-state index in [1.165, 1.54) is 23.1 Å². The van der Waals surface area contributed by atoms with Crippen molar-refractivity contribution in [3.05, 3.63) is 34.4 Å². The number of aromatic nitrogens is 3. The van der Waals surface area contributed by atoms with Crippen LogP contribution >= 0.6 is 23.1 Å². The number of hydrogen-bond acceptors (Lipinski definition) is 8. The maximum absolute atomic E-state index is 12.3. The molecule has 0 saturated heterocycles. The Morgan fingerprint density at radius 3 is 2.93 bits per heavy atom. The summed E-state index contributed by atoms with van der Waals surface area (Å²) in [5, 5.41) is 10.5. The lowest BCUT2D eigenvalue weighted by Gasteiger charge is -2.06. The Morgan fingerprint density at radius 1 is 1.41 bits per heavy atom. The van der Waals surface area contributed by atoms with Crippen molar-refractivity contribution in [2.45, 2.75) is 25.9 Å². The van der Waals surface area contributed by atoms with Crippen LogP contribution in [0.3, 0.4) is 0 Å². The molecule has 8 nitrogen and oxygen atoms in total.